The van der Waals surface area contributed by atoms with Crippen LogP contribution in [0.5, 0.6) is 5.75 Å². The summed E-state index contributed by atoms with van der Waals surface area (Å²) in [6, 6.07) is 8.42. The molecule has 1 aliphatic carbocycles. The fourth-order valence-corrected chi connectivity index (χ4v) is 3.68. The Morgan fingerprint density at radius 3 is 2.80 bits per heavy atom. The highest BCUT2D eigenvalue weighted by molar-refractivity contribution is 7.10. The third-order valence-corrected chi connectivity index (χ3v) is 5.27. The van der Waals surface area contributed by atoms with Crippen molar-refractivity contribution in [3.05, 3.63) is 50.7 Å². The molecule has 20 heavy (non-hydrogen) atoms. The average Bonchev–Trinajstić information content (AvgIpc) is 3.20. The lowest BCUT2D eigenvalue weighted by Gasteiger charge is -2.17. The molecular weight excluding hydrogens is 290 g/mol. The molecule has 1 N–H and O–H groups in total. The standard InChI is InChI=1S/C16H18ClNOS/c1-10-9-20-16(14(10)17)15(18-2)11-4-3-5-13(8-11)19-12-6-7-12/h3-5,8-9,12,15,18H,6-7H2,1-2H3. The van der Waals surface area contributed by atoms with E-state index in [2.05, 4.69) is 22.8 Å². The Morgan fingerprint density at radius 1 is 1.40 bits per heavy atom. The SMILES string of the molecule is CNC(c1cccc(OC2CC2)c1)c1scc(C)c1Cl. The first-order valence-electron chi connectivity index (χ1n) is 6.86. The van der Waals surface area contributed by atoms with E-state index in [4.69, 9.17) is 16.3 Å². The van der Waals surface area contributed by atoms with Crippen molar-refractivity contribution in [2.75, 3.05) is 7.05 Å². The minimum Gasteiger partial charge on any atom is -0.490 e. The normalized spacial score (nSPS) is 16.1. The van der Waals surface area contributed by atoms with Crippen molar-refractivity contribution in [2.24, 2.45) is 0 Å². The maximum Gasteiger partial charge on any atom is 0.120 e. The first-order chi connectivity index (χ1) is 9.69. The summed E-state index contributed by atoms with van der Waals surface area (Å²) >= 11 is 8.11. The van der Waals surface area contributed by atoms with Gasteiger partial charge >= 0.3 is 0 Å². The Bertz CT molecular complexity index is 606. The molecule has 1 atom stereocenters. The highest BCUT2D eigenvalue weighted by Crippen LogP contribution is 2.37. The van der Waals surface area contributed by atoms with Gasteiger partial charge in [0.15, 0.2) is 0 Å². The van der Waals surface area contributed by atoms with Gasteiger partial charge in [0, 0.05) is 4.88 Å². The Labute approximate surface area is 128 Å². The molecule has 1 saturated carbocycles. The zero-order chi connectivity index (χ0) is 14.1. The predicted octanol–water partition coefficient (Wildman–Crippen LogP) is 4.56. The Kier molecular flexibility index (Phi) is 4.01. The molecule has 1 aromatic carbocycles. The number of rotatable bonds is 5. The highest BCUT2D eigenvalue weighted by atomic mass is 35.5. The maximum absolute atomic E-state index is 6.41. The molecule has 1 unspecified atom stereocenters. The fourth-order valence-electron chi connectivity index (χ4n) is 2.24. The fraction of sp³-hybridized carbons (Fsp3) is 0.375. The van der Waals surface area contributed by atoms with E-state index in [1.807, 2.05) is 26.1 Å². The van der Waals surface area contributed by atoms with E-state index in [1.165, 1.54) is 18.4 Å². The number of benzene rings is 1. The molecule has 0 amide bonds. The van der Waals surface area contributed by atoms with Crippen molar-refractivity contribution in [1.29, 1.82) is 0 Å². The Balaban J connectivity index is 1.90. The summed E-state index contributed by atoms with van der Waals surface area (Å²) < 4.78 is 5.87. The van der Waals surface area contributed by atoms with Gasteiger partial charge in [-0.3, -0.25) is 0 Å². The smallest absolute Gasteiger partial charge is 0.120 e. The van der Waals surface area contributed by atoms with E-state index < -0.39 is 0 Å². The number of nitrogens with one attached hydrogen (secondary N) is 1. The van der Waals surface area contributed by atoms with E-state index in [0.717, 1.165) is 21.2 Å². The van der Waals surface area contributed by atoms with Gasteiger partial charge in [0.1, 0.15) is 5.75 Å². The molecule has 0 aliphatic heterocycles. The lowest BCUT2D eigenvalue weighted by Crippen LogP contribution is -2.17. The summed E-state index contributed by atoms with van der Waals surface area (Å²) in [5.74, 6) is 0.953. The van der Waals surface area contributed by atoms with Crippen molar-refractivity contribution in [3.63, 3.8) is 0 Å². The summed E-state index contributed by atoms with van der Waals surface area (Å²) in [6.45, 7) is 2.04. The second kappa shape index (κ2) is 5.76. The summed E-state index contributed by atoms with van der Waals surface area (Å²) in [6.07, 6.45) is 2.77. The number of hydrogen-bond donors (Lipinski definition) is 1. The second-order valence-corrected chi connectivity index (χ2v) is 6.50. The monoisotopic (exact) mass is 307 g/mol. The molecule has 0 spiro atoms. The number of thiophene rings is 1. The van der Waals surface area contributed by atoms with Crippen LogP contribution in [0.25, 0.3) is 0 Å². The molecule has 2 aromatic rings. The van der Waals surface area contributed by atoms with Crippen molar-refractivity contribution in [2.45, 2.75) is 31.9 Å². The Hall–Kier alpha value is -1.03. The molecule has 1 aromatic heterocycles. The van der Waals surface area contributed by atoms with Crippen LogP contribution in [0.4, 0.5) is 0 Å². The molecule has 0 bridgehead atoms. The molecular formula is C16H18ClNOS. The van der Waals surface area contributed by atoms with Crippen molar-refractivity contribution >= 4 is 22.9 Å². The molecule has 1 heterocycles. The predicted molar refractivity (Wildman–Crippen MR) is 85.1 cm³/mol. The van der Waals surface area contributed by atoms with Crippen LogP contribution in [0.15, 0.2) is 29.6 Å². The quantitative estimate of drug-likeness (QED) is 0.874. The number of aryl methyl sites for hydroxylation is 1. The van der Waals surface area contributed by atoms with Gasteiger partial charge < -0.3 is 10.1 Å². The zero-order valence-corrected chi connectivity index (χ0v) is 13.2. The largest absolute Gasteiger partial charge is 0.490 e. The summed E-state index contributed by atoms with van der Waals surface area (Å²) in [5, 5.41) is 6.32. The van der Waals surface area contributed by atoms with Crippen LogP contribution in [0.2, 0.25) is 5.02 Å². The van der Waals surface area contributed by atoms with Crippen LogP contribution in [0, 0.1) is 6.92 Å². The number of ether oxygens (including phenoxy) is 1. The van der Waals surface area contributed by atoms with Crippen molar-refractivity contribution < 1.29 is 4.74 Å². The van der Waals surface area contributed by atoms with Gasteiger partial charge in [0.2, 0.25) is 0 Å². The van der Waals surface area contributed by atoms with Gasteiger partial charge in [-0.2, -0.15) is 0 Å². The zero-order valence-electron chi connectivity index (χ0n) is 11.7. The average molecular weight is 308 g/mol. The van der Waals surface area contributed by atoms with Crippen LogP contribution < -0.4 is 10.1 Å². The molecule has 1 fully saturated rings. The van der Waals surface area contributed by atoms with Gasteiger partial charge in [0.25, 0.3) is 0 Å². The van der Waals surface area contributed by atoms with E-state index in [9.17, 15) is 0 Å². The molecule has 4 heteroatoms. The van der Waals surface area contributed by atoms with E-state index in [-0.39, 0.29) is 6.04 Å². The van der Waals surface area contributed by atoms with Gasteiger partial charge in [-0.15, -0.1) is 11.3 Å². The highest BCUT2D eigenvalue weighted by Gasteiger charge is 2.24. The minimum absolute atomic E-state index is 0.115. The number of hydrogen-bond acceptors (Lipinski definition) is 3. The summed E-state index contributed by atoms with van der Waals surface area (Å²) in [4.78, 5) is 1.16. The third-order valence-electron chi connectivity index (χ3n) is 3.49. The van der Waals surface area contributed by atoms with Crippen LogP contribution in [0.3, 0.4) is 0 Å². The maximum atomic E-state index is 6.41. The topological polar surface area (TPSA) is 21.3 Å². The third kappa shape index (κ3) is 2.85. The van der Waals surface area contributed by atoms with Crippen molar-refractivity contribution in [3.8, 4) is 5.75 Å². The molecule has 2 nitrogen and oxygen atoms in total. The van der Waals surface area contributed by atoms with E-state index in [1.54, 1.807) is 11.3 Å². The lowest BCUT2D eigenvalue weighted by molar-refractivity contribution is 0.302. The minimum atomic E-state index is 0.115. The van der Waals surface area contributed by atoms with Crippen LogP contribution in [0.1, 0.15) is 34.9 Å². The summed E-state index contributed by atoms with van der Waals surface area (Å²) in [7, 11) is 1.96. The van der Waals surface area contributed by atoms with Crippen molar-refractivity contribution in [1.82, 2.24) is 5.32 Å². The lowest BCUT2D eigenvalue weighted by atomic mass is 10.0. The number of halogens is 1. The van der Waals surface area contributed by atoms with Crippen LogP contribution in [-0.4, -0.2) is 13.2 Å². The van der Waals surface area contributed by atoms with Crippen LogP contribution >= 0.6 is 22.9 Å². The van der Waals surface area contributed by atoms with Gasteiger partial charge in [-0.1, -0.05) is 23.7 Å². The van der Waals surface area contributed by atoms with Crippen LogP contribution in [-0.2, 0) is 0 Å². The summed E-state index contributed by atoms with van der Waals surface area (Å²) in [5.41, 5.74) is 2.33. The first-order valence-corrected chi connectivity index (χ1v) is 8.12. The molecule has 106 valence electrons. The molecule has 0 saturated heterocycles. The second-order valence-electron chi connectivity index (χ2n) is 5.21. The Morgan fingerprint density at radius 2 is 2.20 bits per heavy atom. The van der Waals surface area contributed by atoms with E-state index >= 15 is 0 Å². The van der Waals surface area contributed by atoms with Gasteiger partial charge in [-0.05, 0) is 55.5 Å². The van der Waals surface area contributed by atoms with E-state index in [0.29, 0.717) is 6.10 Å². The first kappa shape index (κ1) is 13.9. The molecule has 1 aliphatic rings. The molecule has 0 radical (unpaired) electrons. The van der Waals surface area contributed by atoms with Gasteiger partial charge in [-0.25, -0.2) is 0 Å². The van der Waals surface area contributed by atoms with Gasteiger partial charge in [0.05, 0.1) is 17.2 Å². The molecule has 3 rings (SSSR count).